The van der Waals surface area contributed by atoms with Gasteiger partial charge in [-0.05, 0) is 24.1 Å². The van der Waals surface area contributed by atoms with Crippen LogP contribution in [0.4, 0.5) is 0 Å². The lowest BCUT2D eigenvalue weighted by Gasteiger charge is -2.19. The van der Waals surface area contributed by atoms with Crippen molar-refractivity contribution in [1.29, 1.82) is 0 Å². The maximum Gasteiger partial charge on any atom is 0.0724 e. The van der Waals surface area contributed by atoms with Gasteiger partial charge >= 0.3 is 0 Å². The van der Waals surface area contributed by atoms with Crippen molar-refractivity contribution in [3.8, 4) is 0 Å². The second kappa shape index (κ2) is 2.75. The molecule has 0 bridgehead atoms. The zero-order valence-corrected chi connectivity index (χ0v) is 7.40. The summed E-state index contributed by atoms with van der Waals surface area (Å²) in [6, 6.07) is 0. The fraction of sp³-hybridized carbons (Fsp3) is 0.111. The summed E-state index contributed by atoms with van der Waals surface area (Å²) < 4.78 is 0. The van der Waals surface area contributed by atoms with Gasteiger partial charge in [0.15, 0.2) is 0 Å². The number of hydrogen-bond donors (Lipinski definition) is 2. The van der Waals surface area contributed by atoms with E-state index in [1.807, 2.05) is 12.2 Å². The van der Waals surface area contributed by atoms with Crippen LogP contribution < -0.4 is 11.5 Å². The van der Waals surface area contributed by atoms with Crippen LogP contribution in [0.25, 0.3) is 0 Å². The molecule has 0 saturated carbocycles. The summed E-state index contributed by atoms with van der Waals surface area (Å²) in [7, 11) is 0. The van der Waals surface area contributed by atoms with Crippen molar-refractivity contribution in [3.63, 3.8) is 0 Å². The van der Waals surface area contributed by atoms with E-state index < -0.39 is 0 Å². The van der Waals surface area contributed by atoms with E-state index in [1.54, 1.807) is 11.8 Å². The Morgan fingerprint density at radius 3 is 3.00 bits per heavy atom. The van der Waals surface area contributed by atoms with Gasteiger partial charge in [0.25, 0.3) is 0 Å². The van der Waals surface area contributed by atoms with Gasteiger partial charge in [-0.25, -0.2) is 0 Å². The van der Waals surface area contributed by atoms with Gasteiger partial charge < -0.3 is 11.5 Å². The lowest BCUT2D eigenvalue weighted by atomic mass is 10.0. The molecule has 1 heterocycles. The Morgan fingerprint density at radius 2 is 2.17 bits per heavy atom. The van der Waals surface area contributed by atoms with Crippen LogP contribution in [0.1, 0.15) is 6.42 Å². The standard InChI is InChI=1S/C9H10N2S/c10-7-5-9(11)12-8-4-2-1-3-6(7)8/h1-2,4-5H,3,10-11H2. The summed E-state index contributed by atoms with van der Waals surface area (Å²) >= 11 is 1.58. The van der Waals surface area contributed by atoms with E-state index in [0.29, 0.717) is 0 Å². The molecule has 62 valence electrons. The molecule has 0 amide bonds. The molecule has 0 radical (unpaired) electrons. The zero-order valence-electron chi connectivity index (χ0n) is 6.58. The largest absolute Gasteiger partial charge is 0.398 e. The summed E-state index contributed by atoms with van der Waals surface area (Å²) in [4.78, 5) is 1.19. The SMILES string of the molecule is NC1=CC(N)=C2CC=CC=C2S1. The maximum atomic E-state index is 5.81. The Kier molecular flexibility index (Phi) is 1.73. The van der Waals surface area contributed by atoms with Crippen LogP contribution in [0.3, 0.4) is 0 Å². The molecule has 12 heavy (non-hydrogen) atoms. The number of rotatable bonds is 0. The number of hydrogen-bond acceptors (Lipinski definition) is 3. The van der Waals surface area contributed by atoms with Crippen LogP contribution in [-0.4, -0.2) is 0 Å². The van der Waals surface area contributed by atoms with Gasteiger partial charge in [-0.3, -0.25) is 0 Å². The molecule has 2 nitrogen and oxygen atoms in total. The van der Waals surface area contributed by atoms with Gasteiger partial charge in [-0.1, -0.05) is 23.9 Å². The monoisotopic (exact) mass is 178 g/mol. The molecular formula is C9H10N2S. The fourth-order valence-corrected chi connectivity index (χ4v) is 2.21. The molecule has 0 spiro atoms. The highest BCUT2D eigenvalue weighted by Gasteiger charge is 2.15. The van der Waals surface area contributed by atoms with Crippen LogP contribution in [0.15, 0.2) is 45.5 Å². The smallest absolute Gasteiger partial charge is 0.0724 e. The Morgan fingerprint density at radius 1 is 1.33 bits per heavy atom. The summed E-state index contributed by atoms with van der Waals surface area (Å²) in [5.74, 6) is 0. The Balaban J connectivity index is 2.46. The van der Waals surface area contributed by atoms with Crippen LogP contribution in [0, 0.1) is 0 Å². The normalized spacial score (nSPS) is 21.7. The molecule has 0 unspecified atom stereocenters. The minimum absolute atomic E-state index is 0.776. The van der Waals surface area contributed by atoms with Crippen LogP contribution >= 0.6 is 11.8 Å². The summed E-state index contributed by atoms with van der Waals surface area (Å²) in [5.41, 5.74) is 13.5. The van der Waals surface area contributed by atoms with E-state index >= 15 is 0 Å². The molecule has 3 heteroatoms. The van der Waals surface area contributed by atoms with E-state index in [0.717, 1.165) is 17.1 Å². The first-order valence-corrected chi connectivity index (χ1v) is 4.60. The van der Waals surface area contributed by atoms with Gasteiger partial charge in [-0.15, -0.1) is 0 Å². The highest BCUT2D eigenvalue weighted by atomic mass is 32.2. The summed E-state index contributed by atoms with van der Waals surface area (Å²) in [6.45, 7) is 0. The van der Waals surface area contributed by atoms with Crippen molar-refractivity contribution in [2.24, 2.45) is 11.5 Å². The molecule has 0 aromatic carbocycles. The van der Waals surface area contributed by atoms with Crippen molar-refractivity contribution >= 4 is 11.8 Å². The molecule has 2 aliphatic rings. The molecule has 0 fully saturated rings. The predicted octanol–water partition coefficient (Wildman–Crippen LogP) is 1.59. The molecule has 1 aliphatic heterocycles. The van der Waals surface area contributed by atoms with E-state index in [-0.39, 0.29) is 0 Å². The molecular weight excluding hydrogens is 168 g/mol. The van der Waals surface area contributed by atoms with E-state index in [1.165, 1.54) is 10.5 Å². The number of thioether (sulfide) groups is 1. The number of nitrogens with two attached hydrogens (primary N) is 2. The average molecular weight is 178 g/mol. The number of fused-ring (bicyclic) bond motifs is 1. The molecule has 0 aromatic rings. The average Bonchev–Trinajstić information content (AvgIpc) is 2.04. The lowest BCUT2D eigenvalue weighted by molar-refractivity contribution is 1.17. The van der Waals surface area contributed by atoms with E-state index in [2.05, 4.69) is 12.2 Å². The van der Waals surface area contributed by atoms with Gasteiger partial charge in [-0.2, -0.15) is 0 Å². The molecule has 0 atom stereocenters. The van der Waals surface area contributed by atoms with Crippen molar-refractivity contribution in [2.45, 2.75) is 6.42 Å². The number of allylic oxidation sites excluding steroid dienone is 5. The fourth-order valence-electron chi connectivity index (χ4n) is 1.30. The van der Waals surface area contributed by atoms with Crippen LogP contribution in [0.5, 0.6) is 0 Å². The molecule has 2 rings (SSSR count). The first-order chi connectivity index (χ1) is 5.77. The topological polar surface area (TPSA) is 52.0 Å². The third-order valence-corrected chi connectivity index (χ3v) is 2.83. The quantitative estimate of drug-likeness (QED) is 0.592. The first-order valence-electron chi connectivity index (χ1n) is 3.78. The zero-order chi connectivity index (χ0) is 8.55. The lowest BCUT2D eigenvalue weighted by Crippen LogP contribution is -2.10. The molecule has 1 aliphatic carbocycles. The van der Waals surface area contributed by atoms with E-state index in [4.69, 9.17) is 11.5 Å². The Bertz CT molecular complexity index is 334. The Labute approximate surface area is 75.7 Å². The van der Waals surface area contributed by atoms with Crippen molar-refractivity contribution in [2.75, 3.05) is 0 Å². The third kappa shape index (κ3) is 1.16. The molecule has 0 saturated heterocycles. The van der Waals surface area contributed by atoms with Crippen molar-refractivity contribution < 1.29 is 0 Å². The third-order valence-electron chi connectivity index (χ3n) is 1.88. The summed E-state index contributed by atoms with van der Waals surface area (Å²) in [5, 5.41) is 0.776. The second-order valence-corrected chi connectivity index (χ2v) is 3.86. The van der Waals surface area contributed by atoms with Gasteiger partial charge in [0.1, 0.15) is 0 Å². The highest BCUT2D eigenvalue weighted by Crippen LogP contribution is 2.37. The van der Waals surface area contributed by atoms with Crippen LogP contribution in [-0.2, 0) is 0 Å². The van der Waals surface area contributed by atoms with Gasteiger partial charge in [0.05, 0.1) is 5.03 Å². The highest BCUT2D eigenvalue weighted by molar-refractivity contribution is 8.07. The molecule has 4 N–H and O–H groups in total. The maximum absolute atomic E-state index is 5.81. The van der Waals surface area contributed by atoms with E-state index in [9.17, 15) is 0 Å². The predicted molar refractivity (Wildman–Crippen MR) is 52.9 cm³/mol. The minimum Gasteiger partial charge on any atom is -0.398 e. The first kappa shape index (κ1) is 7.55. The minimum atomic E-state index is 0.776. The summed E-state index contributed by atoms with van der Waals surface area (Å²) in [6.07, 6.45) is 8.94. The van der Waals surface area contributed by atoms with Crippen LogP contribution in [0.2, 0.25) is 0 Å². The second-order valence-electron chi connectivity index (χ2n) is 2.75. The van der Waals surface area contributed by atoms with Gasteiger partial charge in [0.2, 0.25) is 0 Å². The molecule has 0 aromatic heterocycles. The Hall–Kier alpha value is -1.09. The van der Waals surface area contributed by atoms with Gasteiger partial charge in [0, 0.05) is 10.6 Å². The van der Waals surface area contributed by atoms with Crippen molar-refractivity contribution in [3.05, 3.63) is 45.5 Å². The van der Waals surface area contributed by atoms with Crippen molar-refractivity contribution in [1.82, 2.24) is 0 Å².